The van der Waals surface area contributed by atoms with Gasteiger partial charge in [-0.1, -0.05) is 29.4 Å². The summed E-state index contributed by atoms with van der Waals surface area (Å²) in [6.07, 6.45) is 1.70. The van der Waals surface area contributed by atoms with E-state index in [4.69, 9.17) is 9.26 Å². The molecule has 0 radical (unpaired) electrons. The highest BCUT2D eigenvalue weighted by Crippen LogP contribution is 2.24. The van der Waals surface area contributed by atoms with E-state index in [0.717, 1.165) is 22.4 Å². The van der Waals surface area contributed by atoms with Crippen LogP contribution in [-0.2, 0) is 13.1 Å². The molecule has 7 nitrogen and oxygen atoms in total. The number of pyridine rings is 1. The topological polar surface area (TPSA) is 75.1 Å². The number of imidazole rings is 1. The second-order valence-corrected chi connectivity index (χ2v) is 7.81. The quantitative estimate of drug-likeness (QED) is 0.388. The zero-order valence-electron chi connectivity index (χ0n) is 18.2. The monoisotopic (exact) mass is 444 g/mol. The lowest BCUT2D eigenvalue weighted by atomic mass is 10.1. The molecule has 0 unspecified atom stereocenters. The van der Waals surface area contributed by atoms with Gasteiger partial charge in [0.1, 0.15) is 23.0 Å². The first-order valence-corrected chi connectivity index (χ1v) is 10.4. The number of nitrogens with zero attached hydrogens (tertiary/aromatic N) is 4. The van der Waals surface area contributed by atoms with Crippen LogP contribution in [0.4, 0.5) is 4.39 Å². The van der Waals surface area contributed by atoms with Crippen molar-refractivity contribution in [1.29, 1.82) is 0 Å². The van der Waals surface area contributed by atoms with Gasteiger partial charge in [-0.25, -0.2) is 14.2 Å². The molecule has 0 saturated carbocycles. The van der Waals surface area contributed by atoms with E-state index in [2.05, 4.69) is 10.1 Å². The van der Waals surface area contributed by atoms with E-state index in [1.807, 2.05) is 30.3 Å². The van der Waals surface area contributed by atoms with Gasteiger partial charge in [0.05, 0.1) is 25.7 Å². The molecule has 0 amide bonds. The van der Waals surface area contributed by atoms with Gasteiger partial charge in [-0.2, -0.15) is 0 Å². The molecule has 2 aromatic carbocycles. The van der Waals surface area contributed by atoms with Crippen molar-refractivity contribution in [3.63, 3.8) is 0 Å². The lowest BCUT2D eigenvalue weighted by molar-refractivity contribution is 0.389. The van der Waals surface area contributed by atoms with Gasteiger partial charge in [-0.15, -0.1) is 0 Å². The molecular weight excluding hydrogens is 423 g/mol. The number of fused-ring (bicyclic) bond motifs is 1. The molecule has 8 heteroatoms. The SMILES string of the molecule is COc1ccc(Cn2c(=O)n(Cc3cc(C)on3)c3cc(-c4ccc(F)cc4)cnc32)cc1. The lowest BCUT2D eigenvalue weighted by Crippen LogP contribution is -2.25. The summed E-state index contributed by atoms with van der Waals surface area (Å²) in [6, 6.07) is 17.4. The number of aromatic nitrogens is 4. The summed E-state index contributed by atoms with van der Waals surface area (Å²) in [4.78, 5) is 18.1. The summed E-state index contributed by atoms with van der Waals surface area (Å²) in [6.45, 7) is 2.41. The molecule has 0 fully saturated rings. The van der Waals surface area contributed by atoms with Gasteiger partial charge in [0.15, 0.2) is 5.65 Å². The highest BCUT2D eigenvalue weighted by Gasteiger charge is 2.17. The van der Waals surface area contributed by atoms with Crippen molar-refractivity contribution < 1.29 is 13.7 Å². The van der Waals surface area contributed by atoms with E-state index in [0.29, 0.717) is 29.2 Å². The molecule has 0 aliphatic rings. The minimum atomic E-state index is -0.309. The summed E-state index contributed by atoms with van der Waals surface area (Å²) >= 11 is 0. The molecule has 0 N–H and O–H groups in total. The van der Waals surface area contributed by atoms with Gasteiger partial charge >= 0.3 is 5.69 Å². The first-order chi connectivity index (χ1) is 16.0. The fraction of sp³-hybridized carbons (Fsp3) is 0.160. The summed E-state index contributed by atoms with van der Waals surface area (Å²) < 4.78 is 27.1. The van der Waals surface area contributed by atoms with E-state index < -0.39 is 0 Å². The van der Waals surface area contributed by atoms with Gasteiger partial charge in [0.2, 0.25) is 0 Å². The molecule has 5 rings (SSSR count). The zero-order valence-corrected chi connectivity index (χ0v) is 18.2. The van der Waals surface area contributed by atoms with Crippen molar-refractivity contribution in [2.45, 2.75) is 20.0 Å². The number of benzene rings is 2. The maximum atomic E-state index is 13.5. The maximum Gasteiger partial charge on any atom is 0.331 e. The van der Waals surface area contributed by atoms with Crippen LogP contribution in [0.2, 0.25) is 0 Å². The molecule has 3 aromatic heterocycles. The Morgan fingerprint density at radius 3 is 2.39 bits per heavy atom. The number of ether oxygens (including phenoxy) is 1. The van der Waals surface area contributed by atoms with Crippen LogP contribution in [0.5, 0.6) is 5.75 Å². The van der Waals surface area contributed by atoms with Crippen LogP contribution in [0.1, 0.15) is 17.0 Å². The summed E-state index contributed by atoms with van der Waals surface area (Å²) in [5, 5.41) is 4.04. The lowest BCUT2D eigenvalue weighted by Gasteiger charge is -2.06. The van der Waals surface area contributed by atoms with E-state index in [-0.39, 0.29) is 18.1 Å². The number of hydrogen-bond donors (Lipinski definition) is 0. The summed E-state index contributed by atoms with van der Waals surface area (Å²) in [5.41, 5.74) is 4.20. The Kier molecular flexibility index (Phi) is 5.26. The predicted molar refractivity (Wildman–Crippen MR) is 122 cm³/mol. The Bertz CT molecular complexity index is 1480. The molecule has 3 heterocycles. The fourth-order valence-corrected chi connectivity index (χ4v) is 3.86. The standard InChI is InChI=1S/C25H21FN4O3/c1-16-11-21(28-33-16)15-29-23-12-19(18-5-7-20(26)8-6-18)13-27-24(23)30(25(29)31)14-17-3-9-22(32-2)10-4-17/h3-13H,14-15H2,1-2H3. The Morgan fingerprint density at radius 2 is 1.73 bits per heavy atom. The Morgan fingerprint density at radius 1 is 0.970 bits per heavy atom. The smallest absolute Gasteiger partial charge is 0.331 e. The zero-order chi connectivity index (χ0) is 22.9. The van der Waals surface area contributed by atoms with Gasteiger partial charge in [-0.3, -0.25) is 9.13 Å². The number of aryl methyl sites for hydroxylation is 1. The highest BCUT2D eigenvalue weighted by atomic mass is 19.1. The normalized spacial score (nSPS) is 11.2. The molecule has 0 spiro atoms. The molecule has 0 saturated heterocycles. The first-order valence-electron chi connectivity index (χ1n) is 10.4. The van der Waals surface area contributed by atoms with E-state index in [1.54, 1.807) is 47.6 Å². The third-order valence-electron chi connectivity index (χ3n) is 5.53. The third-order valence-corrected chi connectivity index (χ3v) is 5.53. The minimum Gasteiger partial charge on any atom is -0.497 e. The fourth-order valence-electron chi connectivity index (χ4n) is 3.86. The molecule has 5 aromatic rings. The van der Waals surface area contributed by atoms with Crippen molar-refractivity contribution in [2.24, 2.45) is 0 Å². The second-order valence-electron chi connectivity index (χ2n) is 7.81. The van der Waals surface area contributed by atoms with Crippen molar-refractivity contribution in [1.82, 2.24) is 19.3 Å². The average Bonchev–Trinajstić information content (AvgIpc) is 3.36. The molecule has 166 valence electrons. The van der Waals surface area contributed by atoms with Crippen LogP contribution < -0.4 is 10.4 Å². The van der Waals surface area contributed by atoms with Gasteiger partial charge in [-0.05, 0) is 48.4 Å². The Balaban J connectivity index is 1.63. The van der Waals surface area contributed by atoms with Crippen molar-refractivity contribution >= 4 is 11.2 Å². The summed E-state index contributed by atoms with van der Waals surface area (Å²) in [5.74, 6) is 1.11. The van der Waals surface area contributed by atoms with E-state index >= 15 is 0 Å². The average molecular weight is 444 g/mol. The maximum absolute atomic E-state index is 13.5. The van der Waals surface area contributed by atoms with Crippen LogP contribution in [0.25, 0.3) is 22.3 Å². The Labute approximate surface area is 188 Å². The van der Waals surface area contributed by atoms with Crippen LogP contribution in [0.15, 0.2) is 76.2 Å². The molecule has 0 atom stereocenters. The number of hydrogen-bond acceptors (Lipinski definition) is 5. The largest absolute Gasteiger partial charge is 0.497 e. The van der Waals surface area contributed by atoms with Crippen LogP contribution >= 0.6 is 0 Å². The Hall–Kier alpha value is -4.20. The highest BCUT2D eigenvalue weighted by molar-refractivity contribution is 5.79. The molecule has 33 heavy (non-hydrogen) atoms. The van der Waals surface area contributed by atoms with Crippen LogP contribution in [0, 0.1) is 12.7 Å². The van der Waals surface area contributed by atoms with Crippen molar-refractivity contribution in [3.05, 3.63) is 100 Å². The minimum absolute atomic E-state index is 0.203. The number of halogens is 1. The van der Waals surface area contributed by atoms with E-state index in [9.17, 15) is 9.18 Å². The van der Waals surface area contributed by atoms with Crippen molar-refractivity contribution in [2.75, 3.05) is 7.11 Å². The summed E-state index contributed by atoms with van der Waals surface area (Å²) in [7, 11) is 1.61. The van der Waals surface area contributed by atoms with Crippen LogP contribution in [-0.4, -0.2) is 26.4 Å². The second kappa shape index (κ2) is 8.38. The van der Waals surface area contributed by atoms with Gasteiger partial charge in [0.25, 0.3) is 0 Å². The molecule has 0 aliphatic heterocycles. The molecule has 0 bridgehead atoms. The number of rotatable bonds is 6. The van der Waals surface area contributed by atoms with Crippen LogP contribution in [0.3, 0.4) is 0 Å². The number of methoxy groups -OCH3 is 1. The van der Waals surface area contributed by atoms with Crippen molar-refractivity contribution in [3.8, 4) is 16.9 Å². The van der Waals surface area contributed by atoms with Gasteiger partial charge < -0.3 is 9.26 Å². The predicted octanol–water partition coefficient (Wildman–Crippen LogP) is 4.41. The molecular formula is C25H21FN4O3. The first kappa shape index (κ1) is 20.7. The third kappa shape index (κ3) is 4.03. The van der Waals surface area contributed by atoms with E-state index in [1.165, 1.54) is 12.1 Å². The molecule has 0 aliphatic carbocycles. The van der Waals surface area contributed by atoms with Gasteiger partial charge in [0, 0.05) is 17.8 Å².